The fourth-order valence-corrected chi connectivity index (χ4v) is 4.34. The molecule has 3 aliphatic heterocycles. The molecule has 0 bridgehead atoms. The number of amides is 3. The molecule has 8 heteroatoms. The molecular formula is C21H24N6O2. The van der Waals surface area contributed by atoms with Gasteiger partial charge in [-0.1, -0.05) is 24.3 Å². The molecule has 2 N–H and O–H groups in total. The van der Waals surface area contributed by atoms with Crippen LogP contribution in [0.3, 0.4) is 0 Å². The van der Waals surface area contributed by atoms with Gasteiger partial charge in [0.25, 0.3) is 5.91 Å². The van der Waals surface area contributed by atoms with Crippen LogP contribution in [0, 0.1) is 11.8 Å². The molecule has 2 saturated heterocycles. The van der Waals surface area contributed by atoms with Crippen molar-refractivity contribution in [2.45, 2.75) is 19.5 Å². The van der Waals surface area contributed by atoms with Crippen LogP contribution in [0.15, 0.2) is 36.4 Å². The Morgan fingerprint density at radius 3 is 2.34 bits per heavy atom. The molecule has 1 aromatic heterocycles. The molecule has 8 nitrogen and oxygen atoms in total. The van der Waals surface area contributed by atoms with Crippen LogP contribution in [0.4, 0.5) is 10.6 Å². The number of fused-ring (bicyclic) bond motifs is 1. The van der Waals surface area contributed by atoms with Gasteiger partial charge in [0.2, 0.25) is 0 Å². The molecule has 3 amide bonds. The molecule has 5 rings (SSSR count). The van der Waals surface area contributed by atoms with Crippen LogP contribution in [0.1, 0.15) is 28.0 Å². The van der Waals surface area contributed by atoms with E-state index in [9.17, 15) is 9.59 Å². The molecule has 1 aromatic carbocycles. The summed E-state index contributed by atoms with van der Waals surface area (Å²) in [5.74, 6) is 1.53. The highest BCUT2D eigenvalue weighted by Gasteiger charge is 2.35. The van der Waals surface area contributed by atoms with Crippen LogP contribution in [-0.4, -0.2) is 58.1 Å². The van der Waals surface area contributed by atoms with E-state index >= 15 is 0 Å². The molecule has 2 fully saturated rings. The molecule has 1 unspecified atom stereocenters. The summed E-state index contributed by atoms with van der Waals surface area (Å²) in [7, 11) is 0. The summed E-state index contributed by atoms with van der Waals surface area (Å²) >= 11 is 0. The van der Waals surface area contributed by atoms with Gasteiger partial charge >= 0.3 is 6.03 Å². The highest BCUT2D eigenvalue weighted by atomic mass is 16.2. The molecule has 0 spiro atoms. The van der Waals surface area contributed by atoms with E-state index in [0.717, 1.165) is 43.7 Å². The van der Waals surface area contributed by atoms with Crippen LogP contribution >= 0.6 is 0 Å². The second-order valence-corrected chi connectivity index (χ2v) is 8.08. The maximum atomic E-state index is 12.7. The predicted molar refractivity (Wildman–Crippen MR) is 107 cm³/mol. The number of anilines is 1. The number of nitrogens with one attached hydrogen (secondary N) is 2. The Bertz CT molecular complexity index is 902. The topological polar surface area (TPSA) is 90.5 Å². The number of aromatic nitrogens is 2. The molecule has 1 atom stereocenters. The lowest BCUT2D eigenvalue weighted by atomic mass is 9.87. The summed E-state index contributed by atoms with van der Waals surface area (Å²) in [6.07, 6.45) is 1.05. The van der Waals surface area contributed by atoms with Crippen molar-refractivity contribution in [3.05, 3.63) is 53.2 Å². The number of carbonyl (C=O) groups is 2. The quantitative estimate of drug-likeness (QED) is 0.830. The minimum Gasteiger partial charge on any atom is -0.337 e. The summed E-state index contributed by atoms with van der Waals surface area (Å²) < 4.78 is 0. The van der Waals surface area contributed by atoms with E-state index in [1.165, 1.54) is 0 Å². The Morgan fingerprint density at radius 2 is 1.72 bits per heavy atom. The first-order valence-electron chi connectivity index (χ1n) is 10.1. The summed E-state index contributed by atoms with van der Waals surface area (Å²) in [5, 5.41) is 14.2. The van der Waals surface area contributed by atoms with Gasteiger partial charge in [-0.3, -0.25) is 10.1 Å². The Balaban J connectivity index is 1.17. The number of rotatable bonds is 3. The van der Waals surface area contributed by atoms with E-state index in [2.05, 4.69) is 20.8 Å². The molecule has 29 heavy (non-hydrogen) atoms. The van der Waals surface area contributed by atoms with Crippen molar-refractivity contribution < 1.29 is 9.59 Å². The first kappa shape index (κ1) is 18.1. The number of nitrogens with zero attached hydrogens (tertiary/aromatic N) is 4. The van der Waals surface area contributed by atoms with Crippen molar-refractivity contribution in [2.75, 3.05) is 31.5 Å². The number of benzene rings is 1. The average Bonchev–Trinajstić information content (AvgIpc) is 3.34. The monoisotopic (exact) mass is 392 g/mol. The van der Waals surface area contributed by atoms with Gasteiger partial charge < -0.3 is 15.1 Å². The number of likely N-dealkylation sites (tertiary alicyclic amines) is 1. The summed E-state index contributed by atoms with van der Waals surface area (Å²) in [5.41, 5.74) is 2.65. The molecule has 0 saturated carbocycles. The number of hydrogen-bond acceptors (Lipinski definition) is 5. The second kappa shape index (κ2) is 7.44. The van der Waals surface area contributed by atoms with Crippen molar-refractivity contribution in [2.24, 2.45) is 11.8 Å². The minimum atomic E-state index is -0.217. The lowest BCUT2D eigenvalue weighted by Gasteiger charge is -2.32. The van der Waals surface area contributed by atoms with Gasteiger partial charge in [0.15, 0.2) is 11.5 Å². The highest BCUT2D eigenvalue weighted by Crippen LogP contribution is 2.27. The minimum absolute atomic E-state index is 0.0832. The van der Waals surface area contributed by atoms with Gasteiger partial charge in [-0.15, -0.1) is 10.2 Å². The van der Waals surface area contributed by atoms with Gasteiger partial charge in [-0.25, -0.2) is 4.79 Å². The van der Waals surface area contributed by atoms with Crippen LogP contribution in [0.5, 0.6) is 0 Å². The van der Waals surface area contributed by atoms with Crippen LogP contribution in [-0.2, 0) is 13.1 Å². The third-order valence-corrected chi connectivity index (χ3v) is 6.24. The molecule has 0 radical (unpaired) electrons. The van der Waals surface area contributed by atoms with Gasteiger partial charge in [-0.2, -0.15) is 0 Å². The Labute approximate surface area is 169 Å². The van der Waals surface area contributed by atoms with Crippen molar-refractivity contribution in [1.29, 1.82) is 0 Å². The molecule has 4 heterocycles. The maximum Gasteiger partial charge on any atom is 0.323 e. The van der Waals surface area contributed by atoms with Crippen molar-refractivity contribution in [3.63, 3.8) is 0 Å². The third-order valence-electron chi connectivity index (χ3n) is 6.24. The zero-order chi connectivity index (χ0) is 19.8. The highest BCUT2D eigenvalue weighted by molar-refractivity contribution is 5.93. The second-order valence-electron chi connectivity index (χ2n) is 8.08. The number of carbonyl (C=O) groups excluding carboxylic acids is 2. The standard InChI is InChI=1S/C21H24N6O2/c28-20(26-8-7-16(11-26)17-9-22-10-17)18-5-6-19(25-24-18)23-21(29)27-12-14-3-1-2-4-15(14)13-27/h1-6,16-17,22H,7-13H2,(H,23,25,29). The Hall–Kier alpha value is -3.00. The molecule has 3 aliphatic rings. The normalized spacial score (nSPS) is 21.0. The fourth-order valence-electron chi connectivity index (χ4n) is 4.34. The van der Waals surface area contributed by atoms with Gasteiger partial charge in [0.05, 0.1) is 0 Å². The van der Waals surface area contributed by atoms with E-state index in [4.69, 9.17) is 0 Å². The van der Waals surface area contributed by atoms with Crippen LogP contribution < -0.4 is 10.6 Å². The van der Waals surface area contributed by atoms with Gasteiger partial charge in [0.1, 0.15) is 0 Å². The summed E-state index contributed by atoms with van der Waals surface area (Å²) in [4.78, 5) is 28.8. The van der Waals surface area contributed by atoms with Crippen molar-refractivity contribution >= 4 is 17.8 Å². The van der Waals surface area contributed by atoms with Crippen LogP contribution in [0.25, 0.3) is 0 Å². The van der Waals surface area contributed by atoms with Gasteiger partial charge in [0, 0.05) is 26.2 Å². The SMILES string of the molecule is O=C(Nc1ccc(C(=O)N2CCC(C3CNC3)C2)nn1)N1Cc2ccccc2C1. The van der Waals surface area contributed by atoms with E-state index in [1.54, 1.807) is 17.0 Å². The number of hydrogen-bond donors (Lipinski definition) is 2. The predicted octanol–water partition coefficient (Wildman–Crippen LogP) is 1.71. The van der Waals surface area contributed by atoms with E-state index in [-0.39, 0.29) is 11.9 Å². The summed E-state index contributed by atoms with van der Waals surface area (Å²) in [6.45, 7) is 4.85. The molecule has 0 aliphatic carbocycles. The van der Waals surface area contributed by atoms with Crippen molar-refractivity contribution in [1.82, 2.24) is 25.3 Å². The molecular weight excluding hydrogens is 368 g/mol. The first-order valence-corrected chi connectivity index (χ1v) is 10.1. The fraction of sp³-hybridized carbons (Fsp3) is 0.429. The zero-order valence-electron chi connectivity index (χ0n) is 16.2. The van der Waals surface area contributed by atoms with E-state index < -0.39 is 0 Å². The largest absolute Gasteiger partial charge is 0.337 e. The smallest absolute Gasteiger partial charge is 0.323 e. The maximum absolute atomic E-state index is 12.7. The van der Waals surface area contributed by atoms with Crippen LogP contribution in [0.2, 0.25) is 0 Å². The molecule has 2 aromatic rings. The summed E-state index contributed by atoms with van der Waals surface area (Å²) in [6, 6.07) is 11.1. The molecule has 150 valence electrons. The first-order chi connectivity index (χ1) is 14.2. The zero-order valence-corrected chi connectivity index (χ0v) is 16.2. The van der Waals surface area contributed by atoms with E-state index in [1.807, 2.05) is 29.2 Å². The van der Waals surface area contributed by atoms with Gasteiger partial charge in [-0.05, 0) is 54.6 Å². The number of urea groups is 1. The lowest BCUT2D eigenvalue weighted by molar-refractivity contribution is 0.0771. The average molecular weight is 392 g/mol. The third kappa shape index (κ3) is 3.55. The van der Waals surface area contributed by atoms with Crippen molar-refractivity contribution in [3.8, 4) is 0 Å². The van der Waals surface area contributed by atoms with E-state index in [0.29, 0.717) is 36.4 Å². The Kier molecular flexibility index (Phi) is 4.63. The lowest BCUT2D eigenvalue weighted by Crippen LogP contribution is -2.47. The Morgan fingerprint density at radius 1 is 0.966 bits per heavy atom.